The number of rotatable bonds is 12. The molecule has 0 saturated carbocycles. The van der Waals surface area contributed by atoms with Crippen LogP contribution in [-0.4, -0.2) is 50.7 Å². The minimum absolute atomic E-state index is 0.0330. The van der Waals surface area contributed by atoms with E-state index in [1.165, 1.54) is 0 Å². The molecule has 0 amide bonds. The van der Waals surface area contributed by atoms with E-state index in [1.54, 1.807) is 0 Å². The maximum atomic E-state index is 11.3. The smallest absolute Gasteiger partial charge is 0.192 e. The van der Waals surface area contributed by atoms with Gasteiger partial charge in [-0.3, -0.25) is 0 Å². The summed E-state index contributed by atoms with van der Waals surface area (Å²) in [5, 5.41) is 11.3. The molecule has 216 valence electrons. The molecule has 6 nitrogen and oxygen atoms in total. The number of benzene rings is 3. The van der Waals surface area contributed by atoms with Crippen LogP contribution in [0.5, 0.6) is 0 Å². The van der Waals surface area contributed by atoms with E-state index >= 15 is 0 Å². The van der Waals surface area contributed by atoms with Crippen molar-refractivity contribution in [2.45, 2.75) is 89.4 Å². The highest BCUT2D eigenvalue weighted by molar-refractivity contribution is 6.74. The van der Waals surface area contributed by atoms with Gasteiger partial charge < -0.3 is 28.5 Å². The summed E-state index contributed by atoms with van der Waals surface area (Å²) < 4.78 is 32.2. The summed E-state index contributed by atoms with van der Waals surface area (Å²) in [5.41, 5.74) is 3.07. The van der Waals surface area contributed by atoms with Gasteiger partial charge in [0.25, 0.3) is 0 Å². The molecule has 1 aliphatic rings. The predicted molar refractivity (Wildman–Crippen MR) is 159 cm³/mol. The van der Waals surface area contributed by atoms with Crippen LogP contribution in [0.3, 0.4) is 0 Å². The van der Waals surface area contributed by atoms with E-state index in [0.717, 1.165) is 16.7 Å². The number of hydrogen-bond donors (Lipinski definition) is 1. The fourth-order valence-electron chi connectivity index (χ4n) is 4.40. The van der Waals surface area contributed by atoms with Crippen molar-refractivity contribution in [3.63, 3.8) is 0 Å². The van der Waals surface area contributed by atoms with E-state index in [-0.39, 0.29) is 5.04 Å². The summed E-state index contributed by atoms with van der Waals surface area (Å²) in [6.45, 7) is 12.4. The van der Waals surface area contributed by atoms with Crippen molar-refractivity contribution >= 4 is 8.32 Å². The molecule has 0 aliphatic carbocycles. The predicted octanol–water partition coefficient (Wildman–Crippen LogP) is 6.48. The van der Waals surface area contributed by atoms with Gasteiger partial charge in [0.05, 0.1) is 26.4 Å². The molecule has 40 heavy (non-hydrogen) atoms. The average molecular weight is 565 g/mol. The first kappa shape index (κ1) is 30.6. The van der Waals surface area contributed by atoms with Gasteiger partial charge in [0.15, 0.2) is 14.6 Å². The first-order chi connectivity index (χ1) is 19.1. The second-order valence-corrected chi connectivity index (χ2v) is 16.7. The lowest BCUT2D eigenvalue weighted by Gasteiger charge is -2.46. The molecule has 7 heteroatoms. The van der Waals surface area contributed by atoms with E-state index in [0.29, 0.717) is 26.4 Å². The number of hydrogen-bond acceptors (Lipinski definition) is 6. The standard InChI is InChI=1S/C33H44O6Si/c1-33(2,3)40(4,5)38-24-28-29(35-21-25-15-9-6-10-16-25)30(36-22-26-17-11-7-12-18-26)31(32(34)39-28)37-23-27-19-13-8-14-20-27/h6-20,28-32,34H,21-24H2,1-5H3/t28?,29-,30?,31?,32+/m1/s1. The highest BCUT2D eigenvalue weighted by atomic mass is 28.4. The number of aliphatic hydroxyl groups is 1. The van der Waals surface area contributed by atoms with Crippen LogP contribution in [0.15, 0.2) is 91.0 Å². The van der Waals surface area contributed by atoms with E-state index in [1.807, 2.05) is 91.0 Å². The van der Waals surface area contributed by atoms with Crippen LogP contribution >= 0.6 is 0 Å². The second kappa shape index (κ2) is 14.0. The first-order valence-electron chi connectivity index (χ1n) is 14.1. The minimum Gasteiger partial charge on any atom is -0.414 e. The Morgan fingerprint density at radius 3 is 1.48 bits per heavy atom. The summed E-state index contributed by atoms with van der Waals surface area (Å²) in [4.78, 5) is 0. The number of ether oxygens (including phenoxy) is 4. The van der Waals surface area contributed by atoms with Crippen molar-refractivity contribution in [2.75, 3.05) is 6.61 Å². The molecular weight excluding hydrogens is 520 g/mol. The van der Waals surface area contributed by atoms with Crippen molar-refractivity contribution in [1.82, 2.24) is 0 Å². The van der Waals surface area contributed by atoms with Crippen LogP contribution in [0.1, 0.15) is 37.5 Å². The van der Waals surface area contributed by atoms with Crippen LogP contribution in [0.4, 0.5) is 0 Å². The molecule has 1 N–H and O–H groups in total. The molecule has 1 fully saturated rings. The topological polar surface area (TPSA) is 66.4 Å². The molecule has 0 spiro atoms. The van der Waals surface area contributed by atoms with E-state index < -0.39 is 39.0 Å². The molecule has 0 bridgehead atoms. The highest BCUT2D eigenvalue weighted by Gasteiger charge is 2.49. The van der Waals surface area contributed by atoms with Gasteiger partial charge in [-0.25, -0.2) is 0 Å². The zero-order valence-corrected chi connectivity index (χ0v) is 25.4. The van der Waals surface area contributed by atoms with Gasteiger partial charge in [-0.05, 0) is 34.8 Å². The second-order valence-electron chi connectivity index (χ2n) is 11.9. The molecule has 1 saturated heterocycles. The molecule has 4 rings (SSSR count). The Bertz CT molecular complexity index is 1140. The van der Waals surface area contributed by atoms with Gasteiger partial charge in [-0.15, -0.1) is 0 Å². The lowest BCUT2D eigenvalue weighted by atomic mass is 9.98. The van der Waals surface area contributed by atoms with E-state index in [9.17, 15) is 5.11 Å². The van der Waals surface area contributed by atoms with Crippen LogP contribution < -0.4 is 0 Å². The monoisotopic (exact) mass is 564 g/mol. The van der Waals surface area contributed by atoms with Crippen molar-refractivity contribution in [3.05, 3.63) is 108 Å². The number of aliphatic hydroxyl groups excluding tert-OH is 1. The Morgan fingerprint density at radius 2 is 1.05 bits per heavy atom. The lowest BCUT2D eigenvalue weighted by Crippen LogP contribution is -2.61. The Balaban J connectivity index is 1.60. The molecule has 3 aromatic rings. The van der Waals surface area contributed by atoms with Crippen molar-refractivity contribution in [3.8, 4) is 0 Å². The molecule has 1 aliphatic heterocycles. The quantitative estimate of drug-likeness (QED) is 0.254. The largest absolute Gasteiger partial charge is 0.414 e. The highest BCUT2D eigenvalue weighted by Crippen LogP contribution is 2.38. The zero-order valence-electron chi connectivity index (χ0n) is 24.4. The minimum atomic E-state index is -2.09. The summed E-state index contributed by atoms with van der Waals surface area (Å²) in [6.07, 6.45) is -3.62. The van der Waals surface area contributed by atoms with Gasteiger partial charge in [0.2, 0.25) is 0 Å². The third-order valence-electron chi connectivity index (χ3n) is 7.88. The van der Waals surface area contributed by atoms with Crippen LogP contribution in [0.25, 0.3) is 0 Å². The van der Waals surface area contributed by atoms with Gasteiger partial charge in [-0.2, -0.15) is 0 Å². The van der Waals surface area contributed by atoms with Crippen molar-refractivity contribution in [1.29, 1.82) is 0 Å². The Labute approximate surface area is 240 Å². The fourth-order valence-corrected chi connectivity index (χ4v) is 5.42. The summed E-state index contributed by atoms with van der Waals surface area (Å²) in [7, 11) is -2.09. The van der Waals surface area contributed by atoms with Crippen molar-refractivity contribution in [2.24, 2.45) is 0 Å². The zero-order chi connectivity index (χ0) is 28.6. The lowest BCUT2D eigenvalue weighted by molar-refractivity contribution is -0.314. The third kappa shape index (κ3) is 8.33. The Morgan fingerprint density at radius 1 is 0.650 bits per heavy atom. The van der Waals surface area contributed by atoms with Crippen LogP contribution in [0.2, 0.25) is 18.1 Å². The molecule has 3 aromatic carbocycles. The summed E-state index contributed by atoms with van der Waals surface area (Å²) in [5.74, 6) is 0. The van der Waals surface area contributed by atoms with E-state index in [2.05, 4.69) is 33.9 Å². The van der Waals surface area contributed by atoms with Crippen LogP contribution in [-0.2, 0) is 43.2 Å². The molecule has 5 atom stereocenters. The molecule has 1 heterocycles. The maximum Gasteiger partial charge on any atom is 0.192 e. The van der Waals surface area contributed by atoms with Gasteiger partial charge >= 0.3 is 0 Å². The SMILES string of the molecule is CC(C)(C)[Si](C)(C)OCC1O[C@H](O)C(OCc2ccccc2)C(OCc2ccccc2)[C@@H]1OCc1ccccc1. The van der Waals surface area contributed by atoms with Crippen LogP contribution in [0, 0.1) is 0 Å². The maximum absolute atomic E-state index is 11.3. The molecule has 3 unspecified atom stereocenters. The van der Waals surface area contributed by atoms with Gasteiger partial charge in [0.1, 0.15) is 24.4 Å². The first-order valence-corrected chi connectivity index (χ1v) is 17.0. The van der Waals surface area contributed by atoms with E-state index in [4.69, 9.17) is 23.4 Å². The average Bonchev–Trinajstić information content (AvgIpc) is 2.95. The molecular formula is C33H44O6Si. The third-order valence-corrected chi connectivity index (χ3v) is 12.4. The van der Waals surface area contributed by atoms with Gasteiger partial charge in [0, 0.05) is 0 Å². The summed E-state index contributed by atoms with van der Waals surface area (Å²) in [6, 6.07) is 29.9. The fraction of sp³-hybridized carbons (Fsp3) is 0.455. The summed E-state index contributed by atoms with van der Waals surface area (Å²) >= 11 is 0. The Hall–Kier alpha value is -2.36. The van der Waals surface area contributed by atoms with Gasteiger partial charge in [-0.1, -0.05) is 112 Å². The normalized spacial score (nSPS) is 23.7. The Kier molecular flexibility index (Phi) is 10.7. The van der Waals surface area contributed by atoms with Crippen molar-refractivity contribution < 1.29 is 28.5 Å². The molecule has 0 aromatic heterocycles. The molecule has 0 radical (unpaired) electrons.